The first-order chi connectivity index (χ1) is 8.65. The quantitative estimate of drug-likeness (QED) is 0.568. The van der Waals surface area contributed by atoms with E-state index in [4.69, 9.17) is 22.7 Å². The molecule has 1 aliphatic rings. The zero-order valence-electron chi connectivity index (χ0n) is 11.2. The standard InChI is InChI=1S/C13H24N2O2S/c1-2-3-4-5-6-7-12(16)15-8-9-17-11(10-15)13(14)18/h11H,2-10H2,1H3,(H2,14,18). The summed E-state index contributed by atoms with van der Waals surface area (Å²) < 4.78 is 5.42. The second-order valence-electron chi connectivity index (χ2n) is 4.77. The number of unbranched alkanes of at least 4 members (excludes halogenated alkanes) is 4. The number of hydrogen-bond acceptors (Lipinski definition) is 3. The van der Waals surface area contributed by atoms with E-state index in [2.05, 4.69) is 6.92 Å². The van der Waals surface area contributed by atoms with Gasteiger partial charge in [-0.15, -0.1) is 0 Å². The third kappa shape index (κ3) is 5.31. The number of rotatable bonds is 7. The predicted octanol–water partition coefficient (Wildman–Crippen LogP) is 1.86. The van der Waals surface area contributed by atoms with Crippen LogP contribution in [0.1, 0.15) is 45.4 Å². The highest BCUT2D eigenvalue weighted by Gasteiger charge is 2.25. The lowest BCUT2D eigenvalue weighted by atomic mass is 10.1. The van der Waals surface area contributed by atoms with Crippen LogP contribution < -0.4 is 5.73 Å². The number of morpholine rings is 1. The molecule has 0 aliphatic carbocycles. The Hall–Kier alpha value is -0.680. The fraction of sp³-hybridized carbons (Fsp3) is 0.846. The number of amides is 1. The van der Waals surface area contributed by atoms with Crippen molar-refractivity contribution in [1.29, 1.82) is 0 Å². The normalized spacial score (nSPS) is 19.8. The van der Waals surface area contributed by atoms with E-state index in [1.54, 1.807) is 0 Å². The molecule has 0 bridgehead atoms. The number of ether oxygens (including phenoxy) is 1. The zero-order chi connectivity index (χ0) is 13.4. The van der Waals surface area contributed by atoms with Crippen LogP contribution in [-0.4, -0.2) is 41.6 Å². The number of thiocarbonyl (C=S) groups is 1. The highest BCUT2D eigenvalue weighted by Crippen LogP contribution is 2.10. The summed E-state index contributed by atoms with van der Waals surface area (Å²) in [6.45, 7) is 3.90. The number of nitrogens with two attached hydrogens (primary N) is 1. The van der Waals surface area contributed by atoms with Crippen LogP contribution in [0.25, 0.3) is 0 Å². The van der Waals surface area contributed by atoms with E-state index in [9.17, 15) is 4.79 Å². The van der Waals surface area contributed by atoms with Crippen LogP contribution in [0, 0.1) is 0 Å². The van der Waals surface area contributed by atoms with Gasteiger partial charge in [0.2, 0.25) is 5.91 Å². The van der Waals surface area contributed by atoms with Crippen molar-refractivity contribution < 1.29 is 9.53 Å². The molecule has 5 heteroatoms. The van der Waals surface area contributed by atoms with Gasteiger partial charge in [0.1, 0.15) is 11.1 Å². The Morgan fingerprint density at radius 1 is 1.39 bits per heavy atom. The van der Waals surface area contributed by atoms with Crippen molar-refractivity contribution >= 4 is 23.1 Å². The molecule has 4 nitrogen and oxygen atoms in total. The maximum Gasteiger partial charge on any atom is 0.222 e. The summed E-state index contributed by atoms with van der Waals surface area (Å²) in [7, 11) is 0. The van der Waals surface area contributed by atoms with E-state index in [1.165, 1.54) is 19.3 Å². The van der Waals surface area contributed by atoms with E-state index in [0.29, 0.717) is 31.1 Å². The Balaban J connectivity index is 2.22. The van der Waals surface area contributed by atoms with Crippen LogP contribution in [0.15, 0.2) is 0 Å². The van der Waals surface area contributed by atoms with Gasteiger partial charge in [0, 0.05) is 13.0 Å². The Morgan fingerprint density at radius 2 is 2.11 bits per heavy atom. The van der Waals surface area contributed by atoms with Gasteiger partial charge in [0.15, 0.2) is 0 Å². The lowest BCUT2D eigenvalue weighted by Crippen LogP contribution is -2.49. The van der Waals surface area contributed by atoms with Crippen molar-refractivity contribution in [3.63, 3.8) is 0 Å². The van der Waals surface area contributed by atoms with Crippen LogP contribution in [0.4, 0.5) is 0 Å². The van der Waals surface area contributed by atoms with Gasteiger partial charge in [-0.25, -0.2) is 0 Å². The van der Waals surface area contributed by atoms with Crippen molar-refractivity contribution in [2.75, 3.05) is 19.7 Å². The summed E-state index contributed by atoms with van der Waals surface area (Å²) in [5.74, 6) is 0.205. The first kappa shape index (κ1) is 15.4. The Bertz CT molecular complexity index is 284. The molecule has 1 heterocycles. The summed E-state index contributed by atoms with van der Waals surface area (Å²) in [5, 5.41) is 0. The minimum atomic E-state index is -0.266. The van der Waals surface area contributed by atoms with Crippen LogP contribution >= 0.6 is 12.2 Å². The molecule has 0 aromatic carbocycles. The van der Waals surface area contributed by atoms with Crippen molar-refractivity contribution in [2.24, 2.45) is 5.73 Å². The molecule has 0 aromatic rings. The van der Waals surface area contributed by atoms with Gasteiger partial charge in [0.25, 0.3) is 0 Å². The van der Waals surface area contributed by atoms with Crippen LogP contribution in [0.2, 0.25) is 0 Å². The van der Waals surface area contributed by atoms with Gasteiger partial charge in [-0.3, -0.25) is 4.79 Å². The molecule has 18 heavy (non-hydrogen) atoms. The molecule has 1 unspecified atom stereocenters. The molecular formula is C13H24N2O2S. The van der Waals surface area contributed by atoms with Gasteiger partial charge < -0.3 is 15.4 Å². The van der Waals surface area contributed by atoms with E-state index in [-0.39, 0.29) is 12.0 Å². The predicted molar refractivity (Wildman–Crippen MR) is 76.5 cm³/mol. The smallest absolute Gasteiger partial charge is 0.222 e. The minimum Gasteiger partial charge on any atom is -0.391 e. The maximum absolute atomic E-state index is 12.0. The van der Waals surface area contributed by atoms with Crippen LogP contribution in [-0.2, 0) is 9.53 Å². The first-order valence-corrected chi connectivity index (χ1v) is 7.24. The Kier molecular flexibility index (Phi) is 7.20. The molecule has 0 aromatic heterocycles. The first-order valence-electron chi connectivity index (χ1n) is 6.83. The fourth-order valence-corrected chi connectivity index (χ4v) is 2.23. The van der Waals surface area contributed by atoms with Gasteiger partial charge in [0.05, 0.1) is 13.2 Å². The Labute approximate surface area is 115 Å². The van der Waals surface area contributed by atoms with Gasteiger partial charge >= 0.3 is 0 Å². The number of nitrogens with zero attached hydrogens (tertiary/aromatic N) is 1. The zero-order valence-corrected chi connectivity index (χ0v) is 12.0. The summed E-state index contributed by atoms with van der Waals surface area (Å²) in [4.78, 5) is 14.2. The molecule has 0 spiro atoms. The molecule has 0 radical (unpaired) electrons. The minimum absolute atomic E-state index is 0.205. The molecule has 1 saturated heterocycles. The summed E-state index contributed by atoms with van der Waals surface area (Å²) in [6.07, 6.45) is 6.20. The topological polar surface area (TPSA) is 55.6 Å². The van der Waals surface area contributed by atoms with Crippen molar-refractivity contribution in [1.82, 2.24) is 4.90 Å². The van der Waals surface area contributed by atoms with E-state index >= 15 is 0 Å². The molecule has 2 N–H and O–H groups in total. The molecule has 1 aliphatic heterocycles. The van der Waals surface area contributed by atoms with E-state index < -0.39 is 0 Å². The lowest BCUT2D eigenvalue weighted by Gasteiger charge is -2.32. The molecule has 1 rings (SSSR count). The summed E-state index contributed by atoms with van der Waals surface area (Å²) >= 11 is 4.91. The average Bonchev–Trinajstić information content (AvgIpc) is 2.38. The third-order valence-electron chi connectivity index (χ3n) is 3.23. The summed E-state index contributed by atoms with van der Waals surface area (Å²) in [6, 6.07) is 0. The number of carbonyl (C=O) groups is 1. The van der Waals surface area contributed by atoms with Crippen LogP contribution in [0.3, 0.4) is 0 Å². The van der Waals surface area contributed by atoms with Crippen molar-refractivity contribution in [3.8, 4) is 0 Å². The molecule has 1 atom stereocenters. The Morgan fingerprint density at radius 3 is 2.78 bits per heavy atom. The van der Waals surface area contributed by atoms with Crippen LogP contribution in [0.5, 0.6) is 0 Å². The molecular weight excluding hydrogens is 248 g/mol. The van der Waals surface area contributed by atoms with Crippen molar-refractivity contribution in [3.05, 3.63) is 0 Å². The second kappa shape index (κ2) is 8.43. The molecule has 1 amide bonds. The highest BCUT2D eigenvalue weighted by atomic mass is 32.1. The molecule has 0 saturated carbocycles. The van der Waals surface area contributed by atoms with Crippen molar-refractivity contribution in [2.45, 2.75) is 51.6 Å². The van der Waals surface area contributed by atoms with Gasteiger partial charge in [-0.2, -0.15) is 0 Å². The highest BCUT2D eigenvalue weighted by molar-refractivity contribution is 7.80. The largest absolute Gasteiger partial charge is 0.391 e. The van der Waals surface area contributed by atoms with Gasteiger partial charge in [-0.1, -0.05) is 44.8 Å². The van der Waals surface area contributed by atoms with Gasteiger partial charge in [-0.05, 0) is 6.42 Å². The average molecular weight is 272 g/mol. The second-order valence-corrected chi connectivity index (χ2v) is 5.24. The number of carbonyl (C=O) groups excluding carboxylic acids is 1. The SMILES string of the molecule is CCCCCCCC(=O)N1CCOC(C(N)=S)C1. The lowest BCUT2D eigenvalue weighted by molar-refractivity contribution is -0.136. The summed E-state index contributed by atoms with van der Waals surface area (Å²) in [5.41, 5.74) is 5.55. The van der Waals surface area contributed by atoms with E-state index in [1.807, 2.05) is 4.90 Å². The molecule has 104 valence electrons. The maximum atomic E-state index is 12.0. The number of hydrogen-bond donors (Lipinski definition) is 1. The van der Waals surface area contributed by atoms with E-state index in [0.717, 1.165) is 12.8 Å². The monoisotopic (exact) mass is 272 g/mol. The molecule has 1 fully saturated rings. The fourth-order valence-electron chi connectivity index (χ4n) is 2.09. The third-order valence-corrected chi connectivity index (χ3v) is 3.49.